The second kappa shape index (κ2) is 1.54. The summed E-state index contributed by atoms with van der Waals surface area (Å²) in [6, 6.07) is 0. The predicted molar refractivity (Wildman–Crippen MR) is 40.0 cm³/mol. The van der Waals surface area contributed by atoms with Crippen LogP contribution < -0.4 is 0 Å². The lowest BCUT2D eigenvalue weighted by atomic mass is 9.84. The molecule has 0 radical (unpaired) electrons. The van der Waals surface area contributed by atoms with Crippen molar-refractivity contribution in [1.82, 2.24) is 0 Å². The lowest BCUT2D eigenvalue weighted by Gasteiger charge is -2.23. The SMILES string of the molecule is C=C1CC[C@@]2(C)[C@@H]1O[C@@H]1O[C@@H]12. The largest absolute Gasteiger partial charge is 0.342 e. The van der Waals surface area contributed by atoms with E-state index >= 15 is 0 Å². The van der Waals surface area contributed by atoms with Gasteiger partial charge in [-0.2, -0.15) is 0 Å². The van der Waals surface area contributed by atoms with Gasteiger partial charge in [0.15, 0.2) is 6.29 Å². The quantitative estimate of drug-likeness (QED) is 0.387. The van der Waals surface area contributed by atoms with Crippen LogP contribution in [0.1, 0.15) is 19.8 Å². The van der Waals surface area contributed by atoms with Gasteiger partial charge < -0.3 is 9.47 Å². The van der Waals surface area contributed by atoms with Crippen LogP contribution in [-0.4, -0.2) is 18.5 Å². The van der Waals surface area contributed by atoms with Crippen molar-refractivity contribution in [1.29, 1.82) is 0 Å². The Morgan fingerprint density at radius 2 is 2.36 bits per heavy atom. The molecule has 0 aromatic carbocycles. The van der Waals surface area contributed by atoms with Gasteiger partial charge in [-0.15, -0.1) is 0 Å². The third-order valence-electron chi connectivity index (χ3n) is 3.33. The van der Waals surface area contributed by atoms with Crippen molar-refractivity contribution < 1.29 is 9.47 Å². The van der Waals surface area contributed by atoms with Crippen molar-refractivity contribution in [2.24, 2.45) is 5.41 Å². The maximum atomic E-state index is 5.65. The highest BCUT2D eigenvalue weighted by atomic mass is 16.8. The number of epoxide rings is 1. The molecule has 2 aliphatic heterocycles. The average molecular weight is 152 g/mol. The number of hydrogen-bond donors (Lipinski definition) is 0. The summed E-state index contributed by atoms with van der Waals surface area (Å²) in [5.41, 5.74) is 1.53. The van der Waals surface area contributed by atoms with Crippen LogP contribution in [0.2, 0.25) is 0 Å². The van der Waals surface area contributed by atoms with Crippen LogP contribution in [0, 0.1) is 5.41 Å². The van der Waals surface area contributed by atoms with Crippen molar-refractivity contribution in [3.8, 4) is 0 Å². The van der Waals surface area contributed by atoms with Crippen molar-refractivity contribution >= 4 is 0 Å². The van der Waals surface area contributed by atoms with E-state index in [9.17, 15) is 0 Å². The second-order valence-electron chi connectivity index (χ2n) is 4.11. The monoisotopic (exact) mass is 152 g/mol. The normalized spacial score (nSPS) is 59.4. The summed E-state index contributed by atoms with van der Waals surface area (Å²) < 4.78 is 11.0. The maximum absolute atomic E-state index is 5.65. The molecule has 3 aliphatic rings. The predicted octanol–water partition coefficient (Wildman–Crippen LogP) is 1.47. The Balaban J connectivity index is 2.01. The lowest BCUT2D eigenvalue weighted by molar-refractivity contribution is -0.0377. The van der Waals surface area contributed by atoms with Crippen molar-refractivity contribution in [3.05, 3.63) is 12.2 Å². The molecule has 0 unspecified atom stereocenters. The van der Waals surface area contributed by atoms with Crippen molar-refractivity contribution in [2.75, 3.05) is 0 Å². The Kier molecular flexibility index (Phi) is 0.871. The number of rotatable bonds is 0. The lowest BCUT2D eigenvalue weighted by Crippen LogP contribution is -2.28. The third kappa shape index (κ3) is 0.565. The van der Waals surface area contributed by atoms with Gasteiger partial charge in [0.2, 0.25) is 0 Å². The molecule has 0 amide bonds. The van der Waals surface area contributed by atoms with Gasteiger partial charge in [-0.05, 0) is 18.4 Å². The molecule has 11 heavy (non-hydrogen) atoms. The van der Waals surface area contributed by atoms with Gasteiger partial charge in [0, 0.05) is 5.41 Å². The zero-order valence-electron chi connectivity index (χ0n) is 6.67. The van der Waals surface area contributed by atoms with Crippen LogP contribution in [0.25, 0.3) is 0 Å². The van der Waals surface area contributed by atoms with E-state index < -0.39 is 0 Å². The van der Waals surface area contributed by atoms with E-state index in [0.29, 0.717) is 12.2 Å². The molecule has 3 fully saturated rings. The van der Waals surface area contributed by atoms with Crippen LogP contribution in [-0.2, 0) is 9.47 Å². The summed E-state index contributed by atoms with van der Waals surface area (Å²) in [5, 5.41) is 0. The Morgan fingerprint density at radius 3 is 3.09 bits per heavy atom. The van der Waals surface area contributed by atoms with Crippen LogP contribution in [0.15, 0.2) is 12.2 Å². The van der Waals surface area contributed by atoms with E-state index in [1.165, 1.54) is 12.0 Å². The minimum Gasteiger partial charge on any atom is -0.342 e. The summed E-state index contributed by atoms with van der Waals surface area (Å²) in [6.07, 6.45) is 3.10. The standard InChI is InChI=1S/C9H12O2/c1-5-3-4-9(2)6(5)10-8-7(9)11-8/h6-8H,1,3-4H2,2H3/t6-,7+,8-,9+/m1/s1. The molecule has 0 bridgehead atoms. The molecule has 3 rings (SSSR count). The van der Waals surface area contributed by atoms with Gasteiger partial charge >= 0.3 is 0 Å². The Hall–Kier alpha value is -0.340. The van der Waals surface area contributed by atoms with Gasteiger partial charge in [-0.3, -0.25) is 0 Å². The molecular weight excluding hydrogens is 140 g/mol. The first kappa shape index (κ1) is 6.21. The highest BCUT2D eigenvalue weighted by molar-refractivity contribution is 5.23. The van der Waals surface area contributed by atoms with Crippen LogP contribution >= 0.6 is 0 Å². The van der Waals surface area contributed by atoms with E-state index in [0.717, 1.165) is 6.42 Å². The molecule has 0 spiro atoms. The fraction of sp³-hybridized carbons (Fsp3) is 0.778. The summed E-state index contributed by atoms with van der Waals surface area (Å²) in [4.78, 5) is 0. The smallest absolute Gasteiger partial charge is 0.185 e. The Morgan fingerprint density at radius 1 is 1.55 bits per heavy atom. The average Bonchev–Trinajstić information content (AvgIpc) is 2.62. The first-order valence-electron chi connectivity index (χ1n) is 4.20. The Bertz CT molecular complexity index is 236. The van der Waals surface area contributed by atoms with Gasteiger partial charge in [0.25, 0.3) is 0 Å². The first-order chi connectivity index (χ1) is 5.22. The van der Waals surface area contributed by atoms with E-state index in [1.807, 2.05) is 0 Å². The van der Waals surface area contributed by atoms with E-state index in [2.05, 4.69) is 13.5 Å². The maximum Gasteiger partial charge on any atom is 0.185 e. The molecule has 2 nitrogen and oxygen atoms in total. The topological polar surface area (TPSA) is 21.8 Å². The zero-order valence-corrected chi connectivity index (χ0v) is 6.67. The molecular formula is C9H12O2. The minimum absolute atomic E-state index is 0.113. The molecule has 2 saturated heterocycles. The van der Waals surface area contributed by atoms with Crippen LogP contribution in [0.4, 0.5) is 0 Å². The zero-order chi connectivity index (χ0) is 7.64. The first-order valence-corrected chi connectivity index (χ1v) is 4.20. The Labute approximate surface area is 66.2 Å². The summed E-state index contributed by atoms with van der Waals surface area (Å²) >= 11 is 0. The third-order valence-corrected chi connectivity index (χ3v) is 3.33. The highest BCUT2D eigenvalue weighted by Gasteiger charge is 2.66. The van der Waals surface area contributed by atoms with Gasteiger partial charge in [0.05, 0.1) is 6.10 Å². The molecule has 1 saturated carbocycles. The molecule has 2 heterocycles. The summed E-state index contributed by atoms with van der Waals surface area (Å²) in [6.45, 7) is 6.27. The number of hydrogen-bond acceptors (Lipinski definition) is 2. The summed E-state index contributed by atoms with van der Waals surface area (Å²) in [5.74, 6) is 0. The molecule has 2 heteroatoms. The fourth-order valence-electron chi connectivity index (χ4n) is 2.50. The molecule has 1 aliphatic carbocycles. The van der Waals surface area contributed by atoms with Crippen molar-refractivity contribution in [2.45, 2.75) is 38.3 Å². The van der Waals surface area contributed by atoms with E-state index in [4.69, 9.17) is 9.47 Å². The highest BCUT2D eigenvalue weighted by Crippen LogP contribution is 2.59. The van der Waals surface area contributed by atoms with Crippen LogP contribution in [0.3, 0.4) is 0 Å². The molecule has 60 valence electrons. The fourth-order valence-corrected chi connectivity index (χ4v) is 2.50. The van der Waals surface area contributed by atoms with Gasteiger partial charge in [-0.25, -0.2) is 0 Å². The molecule has 4 atom stereocenters. The minimum atomic E-state index is 0.113. The van der Waals surface area contributed by atoms with Gasteiger partial charge in [-0.1, -0.05) is 13.5 Å². The molecule has 0 N–H and O–H groups in total. The number of fused-ring (bicyclic) bond motifs is 3. The molecule has 0 aromatic rings. The van der Waals surface area contributed by atoms with Gasteiger partial charge in [0.1, 0.15) is 6.10 Å². The summed E-state index contributed by atoms with van der Waals surface area (Å²) in [7, 11) is 0. The molecule has 0 aromatic heterocycles. The second-order valence-corrected chi connectivity index (χ2v) is 4.11. The van der Waals surface area contributed by atoms with E-state index in [1.54, 1.807) is 0 Å². The number of ether oxygens (including phenoxy) is 2. The van der Waals surface area contributed by atoms with Crippen LogP contribution in [0.5, 0.6) is 0 Å². The van der Waals surface area contributed by atoms with Crippen molar-refractivity contribution in [3.63, 3.8) is 0 Å². The van der Waals surface area contributed by atoms with E-state index in [-0.39, 0.29) is 11.7 Å².